The Morgan fingerprint density at radius 1 is 1.13 bits per heavy atom. The van der Waals surface area contributed by atoms with Crippen LogP contribution in [0.25, 0.3) is 0 Å². The number of carbonyl (C=O) groups is 1. The summed E-state index contributed by atoms with van der Waals surface area (Å²) >= 11 is 1.43. The highest BCUT2D eigenvalue weighted by atomic mass is 32.2. The second-order valence-corrected chi connectivity index (χ2v) is 7.95. The first-order valence-electron chi connectivity index (χ1n) is 9.79. The number of guanidine groups is 1. The minimum Gasteiger partial charge on any atom is -0.353 e. The average Bonchev–Trinajstić information content (AvgIpc) is 3.22. The van der Waals surface area contributed by atoms with Crippen molar-refractivity contribution in [3.05, 3.63) is 29.8 Å². The topological polar surface area (TPSA) is 108 Å². The molecule has 158 valence electrons. The van der Waals surface area contributed by atoms with E-state index < -0.39 is 0 Å². The SMILES string of the molecule is CCC(=O)Cc1ccc(Sc2nc(NCCN(C)C)nc(NC3=NCC=N3)n2)cc1. The molecule has 2 N–H and O–H groups in total. The van der Waals surface area contributed by atoms with E-state index in [-0.39, 0.29) is 5.78 Å². The van der Waals surface area contributed by atoms with Gasteiger partial charge in [0.25, 0.3) is 0 Å². The highest BCUT2D eigenvalue weighted by Gasteiger charge is 2.11. The van der Waals surface area contributed by atoms with E-state index in [1.54, 1.807) is 6.21 Å². The number of nitrogens with one attached hydrogen (secondary N) is 2. The van der Waals surface area contributed by atoms with Crippen LogP contribution in [-0.2, 0) is 11.2 Å². The monoisotopic (exact) mass is 426 g/mol. The number of likely N-dealkylation sites (N-methyl/N-ethyl adjacent to an activating group) is 1. The Balaban J connectivity index is 1.74. The van der Waals surface area contributed by atoms with E-state index in [0.717, 1.165) is 17.0 Å². The maximum atomic E-state index is 11.6. The number of ketones is 1. The maximum Gasteiger partial charge on any atom is 0.235 e. The first kappa shape index (κ1) is 21.8. The first-order valence-corrected chi connectivity index (χ1v) is 10.6. The fourth-order valence-corrected chi connectivity index (χ4v) is 3.28. The molecule has 0 radical (unpaired) electrons. The molecule has 1 aliphatic rings. The number of Topliss-reactive ketones (excluding diaryl/α,β-unsaturated/α-hetero) is 1. The number of rotatable bonds is 10. The van der Waals surface area contributed by atoms with Crippen molar-refractivity contribution < 1.29 is 4.79 Å². The lowest BCUT2D eigenvalue weighted by Crippen LogP contribution is -2.22. The second kappa shape index (κ2) is 10.8. The zero-order valence-corrected chi connectivity index (χ0v) is 18.2. The third kappa shape index (κ3) is 6.89. The molecule has 0 fully saturated rings. The van der Waals surface area contributed by atoms with E-state index in [1.165, 1.54) is 11.8 Å². The Bertz CT molecular complexity index is 927. The van der Waals surface area contributed by atoms with Crippen LogP contribution in [0.4, 0.5) is 11.9 Å². The number of aliphatic imine (C=N–C) groups is 2. The number of hydrogen-bond donors (Lipinski definition) is 2. The van der Waals surface area contributed by atoms with E-state index in [4.69, 9.17) is 0 Å². The Hall–Kier alpha value is -2.85. The number of benzene rings is 1. The lowest BCUT2D eigenvalue weighted by molar-refractivity contribution is -0.118. The smallest absolute Gasteiger partial charge is 0.235 e. The molecule has 0 spiro atoms. The third-order valence-electron chi connectivity index (χ3n) is 4.15. The molecule has 9 nitrogen and oxygen atoms in total. The van der Waals surface area contributed by atoms with E-state index in [1.807, 2.05) is 45.3 Å². The Morgan fingerprint density at radius 2 is 1.90 bits per heavy atom. The molecule has 2 heterocycles. The second-order valence-electron chi connectivity index (χ2n) is 6.91. The lowest BCUT2D eigenvalue weighted by Gasteiger charge is -2.12. The van der Waals surface area contributed by atoms with Crippen molar-refractivity contribution in [3.8, 4) is 0 Å². The lowest BCUT2D eigenvalue weighted by atomic mass is 10.1. The summed E-state index contributed by atoms with van der Waals surface area (Å²) in [5.74, 6) is 1.60. The van der Waals surface area contributed by atoms with E-state index in [0.29, 0.717) is 48.9 Å². The van der Waals surface area contributed by atoms with Gasteiger partial charge in [0.05, 0.1) is 6.54 Å². The summed E-state index contributed by atoms with van der Waals surface area (Å²) in [6, 6.07) is 7.89. The number of carbonyl (C=O) groups excluding carboxylic acids is 1. The van der Waals surface area contributed by atoms with Gasteiger partial charge in [-0.05, 0) is 43.6 Å². The molecule has 0 unspecified atom stereocenters. The molecular weight excluding hydrogens is 400 g/mol. The molecule has 0 saturated carbocycles. The largest absolute Gasteiger partial charge is 0.353 e. The fourth-order valence-electron chi connectivity index (χ4n) is 2.53. The molecule has 0 saturated heterocycles. The van der Waals surface area contributed by atoms with Crippen molar-refractivity contribution in [1.29, 1.82) is 0 Å². The van der Waals surface area contributed by atoms with Gasteiger partial charge < -0.3 is 10.2 Å². The first-order chi connectivity index (χ1) is 14.5. The summed E-state index contributed by atoms with van der Waals surface area (Å²) in [6.07, 6.45) is 2.74. The predicted molar refractivity (Wildman–Crippen MR) is 121 cm³/mol. The molecule has 3 rings (SSSR count). The molecule has 1 aromatic carbocycles. The van der Waals surface area contributed by atoms with Crippen LogP contribution in [0.15, 0.2) is 44.3 Å². The number of hydrogen-bond acceptors (Lipinski definition) is 10. The normalized spacial score (nSPS) is 12.9. The number of anilines is 2. The van der Waals surface area contributed by atoms with Gasteiger partial charge in [0, 0.05) is 37.0 Å². The van der Waals surface area contributed by atoms with Crippen LogP contribution in [0.3, 0.4) is 0 Å². The van der Waals surface area contributed by atoms with Gasteiger partial charge in [-0.25, -0.2) is 9.98 Å². The van der Waals surface area contributed by atoms with Crippen LogP contribution >= 0.6 is 11.8 Å². The van der Waals surface area contributed by atoms with Gasteiger partial charge >= 0.3 is 0 Å². The molecule has 2 aromatic rings. The molecule has 0 amide bonds. The van der Waals surface area contributed by atoms with Crippen molar-refractivity contribution in [3.63, 3.8) is 0 Å². The summed E-state index contributed by atoms with van der Waals surface area (Å²) in [6.45, 7) is 3.99. The number of aromatic nitrogens is 3. The van der Waals surface area contributed by atoms with Gasteiger partial charge in [-0.3, -0.25) is 10.1 Å². The van der Waals surface area contributed by atoms with Gasteiger partial charge in [0.1, 0.15) is 5.78 Å². The van der Waals surface area contributed by atoms with Crippen LogP contribution in [0.5, 0.6) is 0 Å². The predicted octanol–water partition coefficient (Wildman–Crippen LogP) is 2.37. The zero-order valence-electron chi connectivity index (χ0n) is 17.4. The highest BCUT2D eigenvalue weighted by molar-refractivity contribution is 7.99. The van der Waals surface area contributed by atoms with Gasteiger partial charge in [-0.15, -0.1) is 0 Å². The van der Waals surface area contributed by atoms with Crippen molar-refractivity contribution in [1.82, 2.24) is 19.9 Å². The molecule has 1 aliphatic heterocycles. The van der Waals surface area contributed by atoms with E-state index >= 15 is 0 Å². The molecule has 0 aliphatic carbocycles. The zero-order chi connectivity index (χ0) is 21.3. The molecule has 1 aromatic heterocycles. The van der Waals surface area contributed by atoms with Crippen LogP contribution in [-0.4, -0.2) is 71.5 Å². The summed E-state index contributed by atoms with van der Waals surface area (Å²) in [4.78, 5) is 36.5. The fraction of sp³-hybridized carbons (Fsp3) is 0.400. The summed E-state index contributed by atoms with van der Waals surface area (Å²) < 4.78 is 0. The van der Waals surface area contributed by atoms with Crippen molar-refractivity contribution in [2.75, 3.05) is 44.4 Å². The third-order valence-corrected chi connectivity index (χ3v) is 5.02. The van der Waals surface area contributed by atoms with Crippen LogP contribution in [0.2, 0.25) is 0 Å². The number of nitrogens with zero attached hydrogens (tertiary/aromatic N) is 6. The van der Waals surface area contributed by atoms with Gasteiger partial charge in [0.2, 0.25) is 17.9 Å². The van der Waals surface area contributed by atoms with Crippen LogP contribution < -0.4 is 10.6 Å². The Labute approximate surface area is 180 Å². The maximum absolute atomic E-state index is 11.6. The summed E-state index contributed by atoms with van der Waals surface area (Å²) in [5.41, 5.74) is 1.01. The van der Waals surface area contributed by atoms with Gasteiger partial charge in [0.15, 0.2) is 5.16 Å². The van der Waals surface area contributed by atoms with E-state index in [2.05, 4.69) is 40.5 Å². The molecule has 0 bridgehead atoms. The van der Waals surface area contributed by atoms with E-state index in [9.17, 15) is 4.79 Å². The average molecular weight is 427 g/mol. The minimum atomic E-state index is 0.231. The van der Waals surface area contributed by atoms with Crippen molar-refractivity contribution in [2.24, 2.45) is 9.98 Å². The van der Waals surface area contributed by atoms with Crippen molar-refractivity contribution in [2.45, 2.75) is 29.8 Å². The van der Waals surface area contributed by atoms with Gasteiger partial charge in [-0.1, -0.05) is 19.1 Å². The Morgan fingerprint density at radius 3 is 2.57 bits per heavy atom. The standard InChI is InChI=1S/C20H26N8OS/c1-4-15(29)13-14-5-7-16(8-6-14)30-20-26-18(23-11-12-28(2)3)25-19(27-20)24-17-21-9-10-22-17/h5-9H,4,10-13H2,1-3H3,(H2,22,23,24,25,26,27). The quantitative estimate of drug-likeness (QED) is 0.596. The summed E-state index contributed by atoms with van der Waals surface area (Å²) in [7, 11) is 4.02. The highest BCUT2D eigenvalue weighted by Crippen LogP contribution is 2.26. The molecular formula is C20H26N8OS. The molecule has 10 heteroatoms. The van der Waals surface area contributed by atoms with Crippen molar-refractivity contribution >= 4 is 41.6 Å². The minimum absolute atomic E-state index is 0.231. The van der Waals surface area contributed by atoms with Crippen LogP contribution in [0, 0.1) is 0 Å². The van der Waals surface area contributed by atoms with Gasteiger partial charge in [-0.2, -0.15) is 15.0 Å². The molecule has 30 heavy (non-hydrogen) atoms. The molecule has 0 atom stereocenters. The Kier molecular flexibility index (Phi) is 7.86. The van der Waals surface area contributed by atoms with Crippen LogP contribution in [0.1, 0.15) is 18.9 Å². The summed E-state index contributed by atoms with van der Waals surface area (Å²) in [5, 5.41) is 6.82.